The Morgan fingerprint density at radius 1 is 0.833 bits per heavy atom. The third-order valence-electron chi connectivity index (χ3n) is 1.41. The third kappa shape index (κ3) is 2.99. The molecule has 110 valence electrons. The number of hydrogen-bond donors (Lipinski definition) is 0. The summed E-state index contributed by atoms with van der Waals surface area (Å²) in [6, 6.07) is 0. The molecule has 0 aromatic carbocycles. The summed E-state index contributed by atoms with van der Waals surface area (Å²) in [7, 11) is -7.36. The Balaban J connectivity index is 5.47. The summed E-state index contributed by atoms with van der Waals surface area (Å²) < 4.78 is 130. The van der Waals surface area contributed by atoms with E-state index in [4.69, 9.17) is 0 Å². The third-order valence-corrected chi connectivity index (χ3v) is 2.26. The molecule has 0 aliphatic carbocycles. The van der Waals surface area contributed by atoms with Gasteiger partial charge in [-0.1, -0.05) is 3.89 Å². The summed E-state index contributed by atoms with van der Waals surface area (Å²) in [6.07, 6.45) is -12.9. The van der Waals surface area contributed by atoms with Crippen LogP contribution in [-0.2, 0) is 15.0 Å². The molecule has 0 bridgehead atoms. The van der Waals surface area contributed by atoms with Crippen LogP contribution in [0.4, 0.5) is 39.0 Å². The van der Waals surface area contributed by atoms with Crippen molar-refractivity contribution in [1.29, 1.82) is 0 Å². The SMILES string of the molecule is CC(F)(F)C(F)(F)OC(F)(F)C(F)(F)S(=O)(=O)F. The maximum Gasteiger partial charge on any atom is 0.464 e. The van der Waals surface area contributed by atoms with E-state index in [1.54, 1.807) is 4.74 Å². The number of halogens is 9. The normalized spacial score (nSPS) is 15.9. The van der Waals surface area contributed by atoms with E-state index >= 15 is 0 Å². The lowest BCUT2D eigenvalue weighted by atomic mass is 10.3. The molecule has 0 aromatic heterocycles. The number of hydrogen-bond acceptors (Lipinski definition) is 3. The lowest BCUT2D eigenvalue weighted by Gasteiger charge is -2.29. The minimum Gasteiger partial charge on any atom is -0.245 e. The van der Waals surface area contributed by atoms with Crippen LogP contribution in [0.25, 0.3) is 0 Å². The van der Waals surface area contributed by atoms with Crippen LogP contribution in [0.1, 0.15) is 6.92 Å². The first-order valence-corrected chi connectivity index (χ1v) is 5.00. The van der Waals surface area contributed by atoms with E-state index in [-0.39, 0.29) is 0 Å². The van der Waals surface area contributed by atoms with Crippen molar-refractivity contribution in [3.63, 3.8) is 0 Å². The number of ether oxygens (including phenoxy) is 1. The monoisotopic (exact) mass is 314 g/mol. The van der Waals surface area contributed by atoms with Gasteiger partial charge in [-0.25, -0.2) is 4.74 Å². The summed E-state index contributed by atoms with van der Waals surface area (Å²) in [5.41, 5.74) is 0. The van der Waals surface area contributed by atoms with E-state index in [0.717, 1.165) is 0 Å². The molecule has 0 aliphatic heterocycles. The van der Waals surface area contributed by atoms with Gasteiger partial charge in [0.1, 0.15) is 0 Å². The molecule has 0 N–H and O–H groups in total. The van der Waals surface area contributed by atoms with Crippen LogP contribution in [0.2, 0.25) is 0 Å². The van der Waals surface area contributed by atoms with Crippen LogP contribution < -0.4 is 0 Å². The molecule has 0 rings (SSSR count). The zero-order chi connectivity index (χ0) is 15.2. The second-order valence-corrected chi connectivity index (χ2v) is 4.37. The molecule has 0 heterocycles. The standard InChI is InChI=1S/C5H3F9O3S/c1-2(6,7)3(8,9)17-4(10,11)5(12,13)18(14,15)16/h1H3. The van der Waals surface area contributed by atoms with Gasteiger partial charge in [0.05, 0.1) is 0 Å². The van der Waals surface area contributed by atoms with Crippen molar-refractivity contribution in [3.05, 3.63) is 0 Å². The zero-order valence-corrected chi connectivity index (χ0v) is 8.85. The molecule has 0 amide bonds. The molecule has 0 fully saturated rings. The molecule has 0 aliphatic rings. The summed E-state index contributed by atoms with van der Waals surface area (Å²) in [5, 5.41) is -6.76. The van der Waals surface area contributed by atoms with Gasteiger partial charge < -0.3 is 0 Å². The molecule has 13 heteroatoms. The van der Waals surface area contributed by atoms with Gasteiger partial charge in [-0.2, -0.15) is 43.5 Å². The lowest BCUT2D eigenvalue weighted by Crippen LogP contribution is -2.54. The van der Waals surface area contributed by atoms with Gasteiger partial charge in [-0.15, -0.1) is 0 Å². The molecule has 0 saturated carbocycles. The molecule has 0 aromatic rings. The topological polar surface area (TPSA) is 43.4 Å². The average molecular weight is 314 g/mol. The Hall–Kier alpha value is -0.720. The smallest absolute Gasteiger partial charge is 0.245 e. The van der Waals surface area contributed by atoms with Crippen LogP contribution in [0.15, 0.2) is 0 Å². The summed E-state index contributed by atoms with van der Waals surface area (Å²) in [6.45, 7) is -0.662. The van der Waals surface area contributed by atoms with Gasteiger partial charge in [-0.05, 0) is 0 Å². The fourth-order valence-corrected chi connectivity index (χ4v) is 0.777. The van der Waals surface area contributed by atoms with Gasteiger partial charge >= 0.3 is 33.6 Å². The molecule has 18 heavy (non-hydrogen) atoms. The molecule has 0 unspecified atom stereocenters. The van der Waals surface area contributed by atoms with E-state index in [1.165, 1.54) is 0 Å². The molecule has 3 nitrogen and oxygen atoms in total. The molecule has 0 radical (unpaired) electrons. The minimum atomic E-state index is -7.36. The largest absolute Gasteiger partial charge is 0.464 e. The maximum atomic E-state index is 12.3. The van der Waals surface area contributed by atoms with Gasteiger partial charge in [-0.3, -0.25) is 0 Å². The Bertz CT molecular complexity index is 408. The highest BCUT2D eigenvalue weighted by atomic mass is 32.3. The molecule has 0 saturated heterocycles. The van der Waals surface area contributed by atoms with Crippen molar-refractivity contribution in [3.8, 4) is 0 Å². The van der Waals surface area contributed by atoms with Crippen LogP contribution in [0.3, 0.4) is 0 Å². The Labute approximate surface area is 93.7 Å². The summed E-state index contributed by atoms with van der Waals surface area (Å²) in [5.74, 6) is -5.34. The average Bonchev–Trinajstić information content (AvgIpc) is 1.96. The van der Waals surface area contributed by atoms with Crippen LogP contribution in [0, 0.1) is 0 Å². The maximum absolute atomic E-state index is 12.3. The fraction of sp³-hybridized carbons (Fsp3) is 1.00. The molecule has 0 spiro atoms. The Kier molecular flexibility index (Phi) is 3.98. The molecule has 0 atom stereocenters. The number of rotatable bonds is 5. The highest BCUT2D eigenvalue weighted by Crippen LogP contribution is 2.47. The highest BCUT2D eigenvalue weighted by molar-refractivity contribution is 7.87. The van der Waals surface area contributed by atoms with Crippen molar-refractivity contribution in [2.45, 2.75) is 30.3 Å². The lowest BCUT2D eigenvalue weighted by molar-refractivity contribution is -0.453. The fourth-order valence-electron chi connectivity index (χ4n) is 0.452. The minimum absolute atomic E-state index is 0.662. The summed E-state index contributed by atoms with van der Waals surface area (Å²) >= 11 is 0. The van der Waals surface area contributed by atoms with E-state index < -0.39 is 40.5 Å². The van der Waals surface area contributed by atoms with E-state index in [1.807, 2.05) is 0 Å². The van der Waals surface area contributed by atoms with Crippen molar-refractivity contribution in [1.82, 2.24) is 0 Å². The van der Waals surface area contributed by atoms with Gasteiger partial charge in [0.25, 0.3) is 0 Å². The van der Waals surface area contributed by atoms with Gasteiger partial charge in [0, 0.05) is 6.92 Å². The van der Waals surface area contributed by atoms with E-state index in [0.29, 0.717) is 0 Å². The highest BCUT2D eigenvalue weighted by Gasteiger charge is 2.73. The van der Waals surface area contributed by atoms with Crippen molar-refractivity contribution in [2.24, 2.45) is 0 Å². The Morgan fingerprint density at radius 3 is 1.39 bits per heavy atom. The van der Waals surface area contributed by atoms with Crippen molar-refractivity contribution >= 4 is 10.2 Å². The predicted molar refractivity (Wildman–Crippen MR) is 36.6 cm³/mol. The summed E-state index contributed by atoms with van der Waals surface area (Å²) in [4.78, 5) is 0. The van der Waals surface area contributed by atoms with Crippen molar-refractivity contribution < 1.29 is 52.2 Å². The van der Waals surface area contributed by atoms with Crippen LogP contribution >= 0.6 is 0 Å². The first kappa shape index (κ1) is 17.3. The molecular weight excluding hydrogens is 311 g/mol. The van der Waals surface area contributed by atoms with E-state index in [9.17, 15) is 47.4 Å². The first-order valence-electron chi connectivity index (χ1n) is 3.61. The second kappa shape index (κ2) is 4.15. The van der Waals surface area contributed by atoms with Gasteiger partial charge in [0.15, 0.2) is 0 Å². The van der Waals surface area contributed by atoms with Crippen LogP contribution in [0.5, 0.6) is 0 Å². The Morgan fingerprint density at radius 2 is 1.17 bits per heavy atom. The van der Waals surface area contributed by atoms with Crippen LogP contribution in [-0.4, -0.2) is 31.8 Å². The quantitative estimate of drug-likeness (QED) is 0.579. The molecular formula is C5H3F9O3S. The number of alkyl halides is 8. The predicted octanol–water partition coefficient (Wildman–Crippen LogP) is 2.74. The van der Waals surface area contributed by atoms with Gasteiger partial charge in [0.2, 0.25) is 0 Å². The first-order chi connectivity index (χ1) is 7.46. The zero-order valence-electron chi connectivity index (χ0n) is 8.03. The second-order valence-electron chi connectivity index (χ2n) is 2.98. The van der Waals surface area contributed by atoms with Crippen molar-refractivity contribution in [2.75, 3.05) is 0 Å². The van der Waals surface area contributed by atoms with E-state index in [2.05, 4.69) is 0 Å².